The van der Waals surface area contributed by atoms with E-state index in [0.717, 1.165) is 37.2 Å². The molecule has 0 aliphatic carbocycles. The lowest BCUT2D eigenvalue weighted by atomic mass is 10.1. The highest BCUT2D eigenvalue weighted by atomic mass is 16.5. The van der Waals surface area contributed by atoms with Gasteiger partial charge in [0.2, 0.25) is 5.91 Å². The van der Waals surface area contributed by atoms with Crippen molar-refractivity contribution in [3.05, 3.63) is 56.6 Å². The number of piperidine rings is 1. The van der Waals surface area contributed by atoms with E-state index >= 15 is 0 Å². The zero-order valence-electron chi connectivity index (χ0n) is 21.4. The third-order valence-electron chi connectivity index (χ3n) is 6.55. The minimum absolute atomic E-state index is 0.149. The van der Waals surface area contributed by atoms with E-state index in [9.17, 15) is 14.4 Å². The van der Waals surface area contributed by atoms with Crippen molar-refractivity contribution in [2.75, 3.05) is 36.5 Å². The molecule has 1 amide bonds. The molecule has 9 nitrogen and oxygen atoms in total. The number of carbonyl (C=O) groups excluding carboxylic acids is 1. The van der Waals surface area contributed by atoms with Gasteiger partial charge in [-0.15, -0.1) is 0 Å². The van der Waals surface area contributed by atoms with Crippen molar-refractivity contribution >= 4 is 28.3 Å². The Bertz CT molecular complexity index is 1390. The second kappa shape index (κ2) is 10.9. The third-order valence-corrected chi connectivity index (χ3v) is 6.55. The fraction of sp³-hybridized carbons (Fsp3) is 0.444. The number of aromatic nitrogens is 2. The molecule has 0 bridgehead atoms. The van der Waals surface area contributed by atoms with E-state index in [0.29, 0.717) is 41.4 Å². The molecule has 0 spiro atoms. The highest BCUT2D eigenvalue weighted by Crippen LogP contribution is 2.33. The number of nitrogens with zero attached hydrogens (tertiary/aromatic N) is 3. The largest absolute Gasteiger partial charge is 0.490 e. The summed E-state index contributed by atoms with van der Waals surface area (Å²) in [5.41, 5.74) is 2.32. The van der Waals surface area contributed by atoms with E-state index in [1.807, 2.05) is 38.1 Å². The van der Waals surface area contributed by atoms with Gasteiger partial charge in [-0.1, -0.05) is 6.07 Å². The molecule has 1 fully saturated rings. The fourth-order valence-corrected chi connectivity index (χ4v) is 4.69. The summed E-state index contributed by atoms with van der Waals surface area (Å²) in [7, 11) is 3.18. The van der Waals surface area contributed by atoms with Gasteiger partial charge in [0.1, 0.15) is 0 Å². The first-order valence-corrected chi connectivity index (χ1v) is 12.5. The number of rotatable bonds is 8. The lowest BCUT2D eigenvalue weighted by Crippen LogP contribution is -2.39. The molecular weight excluding hydrogens is 460 g/mol. The Morgan fingerprint density at radius 1 is 0.861 bits per heavy atom. The number of anilines is 2. The molecule has 0 saturated carbocycles. The van der Waals surface area contributed by atoms with Crippen LogP contribution in [0.25, 0.3) is 11.0 Å². The van der Waals surface area contributed by atoms with Crippen LogP contribution in [-0.2, 0) is 25.3 Å². The van der Waals surface area contributed by atoms with Gasteiger partial charge in [-0.2, -0.15) is 0 Å². The van der Waals surface area contributed by atoms with Crippen molar-refractivity contribution in [1.82, 2.24) is 9.13 Å². The number of amides is 1. The maximum absolute atomic E-state index is 13.2. The second-order valence-corrected chi connectivity index (χ2v) is 9.01. The van der Waals surface area contributed by atoms with Crippen LogP contribution in [0.15, 0.2) is 39.9 Å². The van der Waals surface area contributed by atoms with Gasteiger partial charge in [-0.3, -0.25) is 14.4 Å². The first kappa shape index (κ1) is 25.3. The van der Waals surface area contributed by atoms with E-state index in [1.165, 1.54) is 15.6 Å². The van der Waals surface area contributed by atoms with Gasteiger partial charge < -0.3 is 28.8 Å². The zero-order valence-corrected chi connectivity index (χ0v) is 21.4. The highest BCUT2D eigenvalue weighted by Gasteiger charge is 2.20. The van der Waals surface area contributed by atoms with E-state index < -0.39 is 11.1 Å². The molecule has 1 aliphatic heterocycles. The van der Waals surface area contributed by atoms with Gasteiger partial charge in [-0.25, -0.2) is 0 Å². The van der Waals surface area contributed by atoms with Crippen molar-refractivity contribution < 1.29 is 14.3 Å². The van der Waals surface area contributed by atoms with Gasteiger partial charge in [-0.05, 0) is 62.9 Å². The molecule has 0 radical (unpaired) electrons. The van der Waals surface area contributed by atoms with Gasteiger partial charge >= 0.3 is 11.1 Å². The summed E-state index contributed by atoms with van der Waals surface area (Å²) in [5, 5.41) is 3.07. The van der Waals surface area contributed by atoms with Gasteiger partial charge in [0.25, 0.3) is 0 Å². The molecule has 36 heavy (non-hydrogen) atoms. The number of fused-ring (bicyclic) bond motifs is 1. The van der Waals surface area contributed by atoms with E-state index in [4.69, 9.17) is 9.47 Å². The van der Waals surface area contributed by atoms with Crippen LogP contribution in [0, 0.1) is 0 Å². The molecule has 9 heteroatoms. The monoisotopic (exact) mass is 494 g/mol. The van der Waals surface area contributed by atoms with Crippen molar-refractivity contribution in [3.8, 4) is 11.5 Å². The Morgan fingerprint density at radius 3 is 2.11 bits per heavy atom. The van der Waals surface area contributed by atoms with Crippen LogP contribution in [0.4, 0.5) is 11.4 Å². The van der Waals surface area contributed by atoms with Crippen LogP contribution >= 0.6 is 0 Å². The number of nitrogens with one attached hydrogen (secondary N) is 1. The molecule has 192 valence electrons. The normalized spacial score (nSPS) is 13.6. The molecule has 4 rings (SSSR count). The Kier molecular flexibility index (Phi) is 7.67. The highest BCUT2D eigenvalue weighted by molar-refractivity contribution is 5.99. The first-order valence-electron chi connectivity index (χ1n) is 12.5. The lowest BCUT2D eigenvalue weighted by molar-refractivity contribution is -0.115. The maximum Gasteiger partial charge on any atom is 0.316 e. The summed E-state index contributed by atoms with van der Waals surface area (Å²) < 4.78 is 14.0. The maximum atomic E-state index is 13.2. The van der Waals surface area contributed by atoms with Crippen LogP contribution in [0.2, 0.25) is 0 Å². The van der Waals surface area contributed by atoms with Crippen LogP contribution in [-0.4, -0.2) is 41.3 Å². The molecule has 1 N–H and O–H groups in total. The summed E-state index contributed by atoms with van der Waals surface area (Å²) >= 11 is 0. The molecule has 2 aromatic carbocycles. The molecule has 1 aromatic heterocycles. The third kappa shape index (κ3) is 5.10. The van der Waals surface area contributed by atoms with Crippen LogP contribution in [0.5, 0.6) is 11.5 Å². The molecule has 1 saturated heterocycles. The molecular formula is C27H34N4O5. The number of carbonyl (C=O) groups is 1. The van der Waals surface area contributed by atoms with Crippen LogP contribution in [0.3, 0.4) is 0 Å². The summed E-state index contributed by atoms with van der Waals surface area (Å²) in [6, 6.07) is 9.21. The number of benzene rings is 2. The number of ether oxygens (including phenoxy) is 2. The first-order chi connectivity index (χ1) is 17.3. The molecule has 0 unspecified atom stereocenters. The molecule has 2 heterocycles. The smallest absolute Gasteiger partial charge is 0.316 e. The Morgan fingerprint density at radius 2 is 1.47 bits per heavy atom. The molecule has 0 atom stereocenters. The number of aryl methyl sites for hydroxylation is 2. The van der Waals surface area contributed by atoms with E-state index in [2.05, 4.69) is 10.2 Å². The van der Waals surface area contributed by atoms with E-state index in [1.54, 1.807) is 20.2 Å². The standard InChI is InChI=1S/C27H34N4O5/c1-5-35-23-11-10-18(14-24(23)36-6-2)15-25(32)28-19-16-21-22(30(4)27(34)26(33)29(21)3)17-20(19)31-12-8-7-9-13-31/h10-11,14,16-17H,5-9,12-13,15H2,1-4H3,(H,28,32). The predicted octanol–water partition coefficient (Wildman–Crippen LogP) is 3.21. The van der Waals surface area contributed by atoms with Crippen molar-refractivity contribution in [2.45, 2.75) is 39.5 Å². The lowest BCUT2D eigenvalue weighted by Gasteiger charge is -2.31. The fourth-order valence-electron chi connectivity index (χ4n) is 4.69. The van der Waals surface area contributed by atoms with Crippen LogP contribution in [0.1, 0.15) is 38.7 Å². The average Bonchev–Trinajstić information content (AvgIpc) is 2.88. The summed E-state index contributed by atoms with van der Waals surface area (Å²) in [6.07, 6.45) is 3.43. The molecule has 1 aliphatic rings. The SMILES string of the molecule is CCOc1ccc(CC(=O)Nc2cc3c(cc2N2CCCCC2)n(C)c(=O)c(=O)n3C)cc1OCC. The minimum atomic E-state index is -0.606. The van der Waals surface area contributed by atoms with Gasteiger partial charge in [0.05, 0.1) is 42.0 Å². The number of hydrogen-bond acceptors (Lipinski definition) is 6. The van der Waals surface area contributed by atoms with Gasteiger partial charge in [0, 0.05) is 27.2 Å². The summed E-state index contributed by atoms with van der Waals surface area (Å²) in [5.74, 6) is 1.08. The zero-order chi connectivity index (χ0) is 25.8. The molecule has 3 aromatic rings. The minimum Gasteiger partial charge on any atom is -0.490 e. The second-order valence-electron chi connectivity index (χ2n) is 9.01. The summed E-state index contributed by atoms with van der Waals surface area (Å²) in [4.78, 5) is 40.3. The van der Waals surface area contributed by atoms with E-state index in [-0.39, 0.29) is 12.3 Å². The Labute approximate surface area is 210 Å². The topological polar surface area (TPSA) is 94.8 Å². The quantitative estimate of drug-likeness (QED) is 0.484. The Hall–Kier alpha value is -3.75. The Balaban J connectivity index is 1.70. The van der Waals surface area contributed by atoms with Crippen LogP contribution < -0.4 is 30.8 Å². The number of hydrogen-bond donors (Lipinski definition) is 1. The average molecular weight is 495 g/mol. The predicted molar refractivity (Wildman–Crippen MR) is 142 cm³/mol. The summed E-state index contributed by atoms with van der Waals surface area (Å²) in [6.45, 7) is 6.56. The van der Waals surface area contributed by atoms with Crippen molar-refractivity contribution in [1.29, 1.82) is 0 Å². The van der Waals surface area contributed by atoms with Crippen molar-refractivity contribution in [2.24, 2.45) is 14.1 Å². The van der Waals surface area contributed by atoms with Gasteiger partial charge in [0.15, 0.2) is 11.5 Å². The van der Waals surface area contributed by atoms with Crippen molar-refractivity contribution in [3.63, 3.8) is 0 Å².